The van der Waals surface area contributed by atoms with Crippen molar-refractivity contribution in [1.29, 1.82) is 0 Å². The topological polar surface area (TPSA) is 55.9 Å². The molecule has 17 heavy (non-hydrogen) atoms. The molecule has 0 aliphatic heterocycles. The lowest BCUT2D eigenvalue weighted by molar-refractivity contribution is 0.396. The van der Waals surface area contributed by atoms with E-state index < -0.39 is 0 Å². The number of rotatable bonds is 4. The Balaban J connectivity index is 1.87. The molecule has 0 amide bonds. The van der Waals surface area contributed by atoms with Crippen LogP contribution in [0.25, 0.3) is 0 Å². The lowest BCUT2D eigenvalue weighted by atomic mass is 10.0. The van der Waals surface area contributed by atoms with Gasteiger partial charge < -0.3 is 0 Å². The first-order chi connectivity index (χ1) is 8.27. The number of nitrogens with two attached hydrogens (primary N) is 1. The van der Waals surface area contributed by atoms with Gasteiger partial charge in [0.2, 0.25) is 0 Å². The highest BCUT2D eigenvalue weighted by atomic mass is 79.9. The predicted molar refractivity (Wildman–Crippen MR) is 70.0 cm³/mol. The summed E-state index contributed by atoms with van der Waals surface area (Å²) in [5.74, 6) is 8.29. The van der Waals surface area contributed by atoms with E-state index in [2.05, 4.69) is 33.4 Å². The van der Waals surface area contributed by atoms with E-state index in [0.29, 0.717) is 5.92 Å². The van der Waals surface area contributed by atoms with Gasteiger partial charge in [-0.05, 0) is 53.4 Å². The van der Waals surface area contributed by atoms with E-state index in [1.54, 1.807) is 0 Å². The Bertz CT molecular complexity index is 407. The Morgan fingerprint density at radius 2 is 2.29 bits per heavy atom. The van der Waals surface area contributed by atoms with Crippen molar-refractivity contribution in [1.82, 2.24) is 15.2 Å². The minimum atomic E-state index is 0.252. The van der Waals surface area contributed by atoms with Crippen LogP contribution in [0.1, 0.15) is 37.9 Å². The lowest BCUT2D eigenvalue weighted by Crippen LogP contribution is -2.32. The first-order valence-electron chi connectivity index (χ1n) is 6.45. The van der Waals surface area contributed by atoms with Crippen LogP contribution < -0.4 is 11.3 Å². The average Bonchev–Trinajstić information content (AvgIpc) is 2.71. The summed E-state index contributed by atoms with van der Waals surface area (Å²) in [6.07, 6.45) is 6.04. The predicted octanol–water partition coefficient (Wildman–Crippen LogP) is 2.22. The molecular weight excluding hydrogens is 280 g/mol. The normalized spacial score (nSPS) is 32.5. The molecule has 3 atom stereocenters. The largest absolute Gasteiger partial charge is 0.271 e. The third kappa shape index (κ3) is 1.75. The molecule has 0 bridgehead atoms. The van der Waals surface area contributed by atoms with Gasteiger partial charge in [0.25, 0.3) is 0 Å². The second kappa shape index (κ2) is 4.37. The molecule has 0 spiro atoms. The van der Waals surface area contributed by atoms with Crippen LogP contribution in [0, 0.1) is 17.8 Å². The lowest BCUT2D eigenvalue weighted by Gasteiger charge is -2.19. The summed E-state index contributed by atoms with van der Waals surface area (Å²) in [5, 5.41) is 4.38. The first kappa shape index (κ1) is 11.7. The van der Waals surface area contributed by atoms with Gasteiger partial charge in [0.1, 0.15) is 0 Å². The van der Waals surface area contributed by atoms with E-state index >= 15 is 0 Å². The Morgan fingerprint density at radius 3 is 2.88 bits per heavy atom. The van der Waals surface area contributed by atoms with Crippen LogP contribution in [-0.4, -0.2) is 9.78 Å². The minimum absolute atomic E-state index is 0.252. The molecule has 1 aromatic rings. The Kier molecular flexibility index (Phi) is 3.00. The molecule has 2 aliphatic rings. The van der Waals surface area contributed by atoms with Crippen molar-refractivity contribution in [3.8, 4) is 0 Å². The molecule has 2 fully saturated rings. The summed E-state index contributed by atoms with van der Waals surface area (Å²) >= 11 is 3.60. The maximum Gasteiger partial charge on any atom is 0.0712 e. The Morgan fingerprint density at radius 1 is 1.59 bits per heavy atom. The fraction of sp³-hybridized carbons (Fsp3) is 0.750. The van der Waals surface area contributed by atoms with E-state index in [0.717, 1.165) is 22.9 Å². The number of hydrogen-bond donors (Lipinski definition) is 2. The molecule has 94 valence electrons. The van der Waals surface area contributed by atoms with E-state index in [4.69, 9.17) is 5.84 Å². The molecule has 0 radical (unpaired) electrons. The van der Waals surface area contributed by atoms with Crippen molar-refractivity contribution in [3.63, 3.8) is 0 Å². The SMILES string of the molecule is CCn1ncc(Br)c1C(NN)C1C2CCCC21. The smallest absolute Gasteiger partial charge is 0.0712 e. The van der Waals surface area contributed by atoms with Gasteiger partial charge in [0.15, 0.2) is 0 Å². The monoisotopic (exact) mass is 298 g/mol. The fourth-order valence-corrected chi connectivity index (χ4v) is 4.22. The van der Waals surface area contributed by atoms with Gasteiger partial charge in [-0.15, -0.1) is 0 Å². The molecule has 1 heterocycles. The second-order valence-electron chi connectivity index (χ2n) is 5.17. The molecule has 1 aromatic heterocycles. The number of hydrogen-bond acceptors (Lipinski definition) is 3. The highest BCUT2D eigenvalue weighted by Gasteiger charge is 2.56. The zero-order chi connectivity index (χ0) is 12.0. The number of hydrazine groups is 1. The number of fused-ring (bicyclic) bond motifs is 1. The van der Waals surface area contributed by atoms with Crippen LogP contribution in [0.5, 0.6) is 0 Å². The molecule has 0 saturated heterocycles. The van der Waals surface area contributed by atoms with Crippen LogP contribution in [0.15, 0.2) is 10.7 Å². The van der Waals surface area contributed by atoms with Crippen LogP contribution in [-0.2, 0) is 6.54 Å². The number of nitrogens with zero attached hydrogens (tertiary/aromatic N) is 2. The fourth-order valence-electron chi connectivity index (χ4n) is 3.68. The zero-order valence-corrected chi connectivity index (χ0v) is 11.7. The summed E-state index contributed by atoms with van der Waals surface area (Å²) < 4.78 is 3.12. The van der Waals surface area contributed by atoms with E-state index in [1.165, 1.54) is 25.0 Å². The Labute approximate surface area is 110 Å². The van der Waals surface area contributed by atoms with Crippen molar-refractivity contribution in [2.75, 3.05) is 0 Å². The van der Waals surface area contributed by atoms with Crippen LogP contribution in [0.3, 0.4) is 0 Å². The third-order valence-corrected chi connectivity index (χ3v) is 5.08. The van der Waals surface area contributed by atoms with Gasteiger partial charge in [-0.25, -0.2) is 0 Å². The van der Waals surface area contributed by atoms with Gasteiger partial charge in [-0.1, -0.05) is 6.42 Å². The summed E-state index contributed by atoms with van der Waals surface area (Å²) in [7, 11) is 0. The maximum atomic E-state index is 5.79. The second-order valence-corrected chi connectivity index (χ2v) is 6.03. The highest BCUT2D eigenvalue weighted by Crippen LogP contribution is 2.62. The first-order valence-corrected chi connectivity index (χ1v) is 7.24. The summed E-state index contributed by atoms with van der Waals surface area (Å²) in [6.45, 7) is 3.01. The molecule has 3 N–H and O–H groups in total. The van der Waals surface area contributed by atoms with Crippen LogP contribution >= 0.6 is 15.9 Å². The summed E-state index contributed by atoms with van der Waals surface area (Å²) in [5.41, 5.74) is 4.24. The molecule has 3 unspecified atom stereocenters. The molecule has 2 aliphatic carbocycles. The number of halogens is 1. The maximum absolute atomic E-state index is 5.79. The van der Waals surface area contributed by atoms with Crippen LogP contribution in [0.4, 0.5) is 0 Å². The van der Waals surface area contributed by atoms with E-state index in [1.807, 2.05) is 10.9 Å². The van der Waals surface area contributed by atoms with Gasteiger partial charge in [-0.3, -0.25) is 16.0 Å². The zero-order valence-electron chi connectivity index (χ0n) is 10.1. The molecule has 4 nitrogen and oxygen atoms in total. The van der Waals surface area contributed by atoms with Gasteiger partial charge in [-0.2, -0.15) is 5.10 Å². The van der Waals surface area contributed by atoms with Crippen LogP contribution in [0.2, 0.25) is 0 Å². The summed E-state index contributed by atoms with van der Waals surface area (Å²) in [6, 6.07) is 0.252. The number of nitrogens with one attached hydrogen (secondary N) is 1. The van der Waals surface area contributed by atoms with Gasteiger partial charge in [0, 0.05) is 6.54 Å². The minimum Gasteiger partial charge on any atom is -0.271 e. The van der Waals surface area contributed by atoms with Crippen molar-refractivity contribution < 1.29 is 0 Å². The van der Waals surface area contributed by atoms with Gasteiger partial charge >= 0.3 is 0 Å². The van der Waals surface area contributed by atoms with E-state index in [-0.39, 0.29) is 6.04 Å². The quantitative estimate of drug-likeness (QED) is 0.662. The van der Waals surface area contributed by atoms with Crippen molar-refractivity contribution in [3.05, 3.63) is 16.4 Å². The Hall–Kier alpha value is -0.390. The third-order valence-electron chi connectivity index (χ3n) is 4.46. The molecule has 2 saturated carbocycles. The summed E-state index contributed by atoms with van der Waals surface area (Å²) in [4.78, 5) is 0. The van der Waals surface area contributed by atoms with E-state index in [9.17, 15) is 0 Å². The van der Waals surface area contributed by atoms with Crippen molar-refractivity contribution in [2.24, 2.45) is 23.6 Å². The van der Waals surface area contributed by atoms with Crippen molar-refractivity contribution in [2.45, 2.75) is 38.8 Å². The molecule has 3 rings (SSSR count). The van der Waals surface area contributed by atoms with Crippen molar-refractivity contribution >= 4 is 15.9 Å². The number of aromatic nitrogens is 2. The molecular formula is C12H19BrN4. The highest BCUT2D eigenvalue weighted by molar-refractivity contribution is 9.10. The standard InChI is InChI=1S/C12H19BrN4/c1-2-17-12(9(13)6-15-17)11(16-14)10-7-4-3-5-8(7)10/h6-8,10-11,16H,2-5,14H2,1H3. The molecule has 5 heteroatoms. The average molecular weight is 299 g/mol. The van der Waals surface area contributed by atoms with Gasteiger partial charge in [0.05, 0.1) is 22.4 Å². The molecule has 0 aromatic carbocycles. The number of aryl methyl sites for hydroxylation is 1.